The van der Waals surface area contributed by atoms with Crippen molar-refractivity contribution < 1.29 is 23.9 Å². The van der Waals surface area contributed by atoms with Crippen LogP contribution in [0.5, 0.6) is 5.75 Å². The molecule has 1 aromatic heterocycles. The van der Waals surface area contributed by atoms with Gasteiger partial charge in [-0.2, -0.15) is 0 Å². The van der Waals surface area contributed by atoms with Crippen LogP contribution in [0.25, 0.3) is 10.9 Å². The Morgan fingerprint density at radius 3 is 2.68 bits per heavy atom. The van der Waals surface area contributed by atoms with Gasteiger partial charge in [-0.3, -0.25) is 19.2 Å². The molecule has 6 rings (SSSR count). The summed E-state index contributed by atoms with van der Waals surface area (Å²) in [6, 6.07) is 3.87. The van der Waals surface area contributed by atoms with Crippen LogP contribution in [0.2, 0.25) is 5.02 Å². The fourth-order valence-corrected chi connectivity index (χ4v) is 7.67. The lowest BCUT2D eigenvalue weighted by atomic mass is 9.88. The number of aromatic amines is 1. The zero-order chi connectivity index (χ0) is 26.7. The number of nitrogens with zero attached hydrogens (tertiary/aromatic N) is 1. The average molecular weight is 540 g/mol. The molecule has 202 valence electrons. The Kier molecular flexibility index (Phi) is 6.49. The van der Waals surface area contributed by atoms with Crippen molar-refractivity contribution in [2.24, 2.45) is 29.6 Å². The highest BCUT2D eigenvalue weighted by atomic mass is 35.5. The first-order valence-electron chi connectivity index (χ1n) is 13.8. The molecule has 1 aromatic carbocycles. The summed E-state index contributed by atoms with van der Waals surface area (Å²) in [5.74, 6) is 1.56. The number of rotatable bonds is 8. The van der Waals surface area contributed by atoms with Gasteiger partial charge in [-0.05, 0) is 74.0 Å². The number of nitrogens with one attached hydrogen (secondary N) is 2. The number of aromatic nitrogens is 1. The minimum atomic E-state index is -0.703. The van der Waals surface area contributed by atoms with Gasteiger partial charge in [0.1, 0.15) is 23.3 Å². The minimum Gasteiger partial charge on any atom is -0.496 e. The van der Waals surface area contributed by atoms with E-state index in [2.05, 4.69) is 10.3 Å². The van der Waals surface area contributed by atoms with Crippen molar-refractivity contribution in [3.05, 3.63) is 28.9 Å². The monoisotopic (exact) mass is 539 g/mol. The first-order chi connectivity index (χ1) is 18.3. The zero-order valence-electron chi connectivity index (χ0n) is 21.8. The SMILES string of the molecule is CCC(=O)[C@H](C[C@@H]1CCCC1=O)NC(=O)[C@@H]1[C@H]2C[C@@H]3C[C@@H]3[C@H]2CN1C(=O)c1cc2c(OC)cc(Cl)cc2[nH]1. The molecule has 7 atom stereocenters. The lowest BCUT2D eigenvalue weighted by molar-refractivity contribution is -0.132. The van der Waals surface area contributed by atoms with Crippen molar-refractivity contribution in [1.82, 2.24) is 15.2 Å². The number of benzene rings is 1. The molecule has 2 N–H and O–H groups in total. The van der Waals surface area contributed by atoms with E-state index in [1.54, 1.807) is 37.1 Å². The molecule has 38 heavy (non-hydrogen) atoms. The first-order valence-corrected chi connectivity index (χ1v) is 14.2. The molecule has 0 bridgehead atoms. The van der Waals surface area contributed by atoms with Crippen LogP contribution in [0, 0.1) is 29.6 Å². The molecule has 1 saturated heterocycles. The lowest BCUT2D eigenvalue weighted by Gasteiger charge is -2.29. The van der Waals surface area contributed by atoms with Crippen LogP contribution in [-0.4, -0.2) is 59.0 Å². The van der Waals surface area contributed by atoms with E-state index in [9.17, 15) is 19.2 Å². The standard InChI is InChI=1S/C29H34ClN3O5/c1-3-24(34)22(9-14-5-4-6-25(14)35)32-28(36)27-18-8-15-7-17(15)20(18)13-33(27)29(37)23-12-19-21(31-23)10-16(30)11-26(19)38-2/h10-12,14-15,17-18,20,22,27,31H,3-9,13H2,1-2H3,(H,32,36)/t14-,15-,17-,18-,20+,22-,27-/m0/s1. The number of likely N-dealkylation sites (tertiary alicyclic amines) is 1. The summed E-state index contributed by atoms with van der Waals surface area (Å²) in [5, 5.41) is 4.25. The average Bonchev–Trinajstić information content (AvgIpc) is 3.25. The predicted octanol–water partition coefficient (Wildman–Crippen LogP) is 4.15. The third-order valence-electron chi connectivity index (χ3n) is 9.45. The van der Waals surface area contributed by atoms with Crippen molar-refractivity contribution in [3.63, 3.8) is 0 Å². The second-order valence-electron chi connectivity index (χ2n) is 11.5. The molecule has 9 heteroatoms. The molecule has 2 heterocycles. The number of hydrogen-bond donors (Lipinski definition) is 2. The molecule has 2 aromatic rings. The normalized spacial score (nSPS) is 30.3. The van der Waals surface area contributed by atoms with Crippen LogP contribution in [0.1, 0.15) is 62.4 Å². The molecular weight excluding hydrogens is 506 g/mol. The zero-order valence-corrected chi connectivity index (χ0v) is 22.6. The van der Waals surface area contributed by atoms with Crippen LogP contribution >= 0.6 is 11.6 Å². The van der Waals surface area contributed by atoms with Gasteiger partial charge in [-0.1, -0.05) is 18.5 Å². The van der Waals surface area contributed by atoms with E-state index in [0.29, 0.717) is 59.1 Å². The Morgan fingerprint density at radius 1 is 1.18 bits per heavy atom. The molecule has 8 nitrogen and oxygen atoms in total. The van der Waals surface area contributed by atoms with Gasteiger partial charge in [0, 0.05) is 35.7 Å². The molecule has 2 amide bonds. The summed E-state index contributed by atoms with van der Waals surface area (Å²) < 4.78 is 5.46. The highest BCUT2D eigenvalue weighted by Crippen LogP contribution is 2.62. The summed E-state index contributed by atoms with van der Waals surface area (Å²) in [5.41, 5.74) is 1.07. The number of ether oxygens (including phenoxy) is 1. The molecule has 0 spiro atoms. The van der Waals surface area contributed by atoms with Gasteiger partial charge in [-0.15, -0.1) is 0 Å². The van der Waals surface area contributed by atoms with E-state index in [1.807, 2.05) is 0 Å². The quantitative estimate of drug-likeness (QED) is 0.524. The first kappa shape index (κ1) is 25.4. The Labute approximate surface area is 226 Å². The van der Waals surface area contributed by atoms with Gasteiger partial charge in [0.2, 0.25) is 5.91 Å². The maximum Gasteiger partial charge on any atom is 0.271 e. The van der Waals surface area contributed by atoms with E-state index in [0.717, 1.165) is 24.6 Å². The molecular formula is C29H34ClN3O5. The van der Waals surface area contributed by atoms with Crippen LogP contribution in [0.15, 0.2) is 18.2 Å². The molecule has 0 radical (unpaired) electrons. The summed E-state index contributed by atoms with van der Waals surface area (Å²) in [6.07, 6.45) is 4.88. The fraction of sp³-hybridized carbons (Fsp3) is 0.586. The second-order valence-corrected chi connectivity index (χ2v) is 12.0. The summed E-state index contributed by atoms with van der Waals surface area (Å²) in [4.78, 5) is 57.8. The van der Waals surface area contributed by atoms with Crippen LogP contribution in [0.3, 0.4) is 0 Å². The number of fused-ring (bicyclic) bond motifs is 4. The molecule has 4 aliphatic rings. The highest BCUT2D eigenvalue weighted by Gasteiger charge is 2.62. The van der Waals surface area contributed by atoms with Gasteiger partial charge in [0.25, 0.3) is 5.91 Å². The number of hydrogen-bond acceptors (Lipinski definition) is 5. The van der Waals surface area contributed by atoms with Crippen molar-refractivity contribution in [3.8, 4) is 5.75 Å². The van der Waals surface area contributed by atoms with Gasteiger partial charge >= 0.3 is 0 Å². The number of carbonyl (C=O) groups excluding carboxylic acids is 4. The van der Waals surface area contributed by atoms with Gasteiger partial charge < -0.3 is 19.9 Å². The van der Waals surface area contributed by atoms with E-state index in [1.165, 1.54) is 6.42 Å². The Balaban J connectivity index is 1.27. The number of halogens is 1. The third-order valence-corrected chi connectivity index (χ3v) is 9.67. The van der Waals surface area contributed by atoms with Crippen molar-refractivity contribution in [2.75, 3.05) is 13.7 Å². The number of Topliss-reactive ketones (excluding diaryl/α,β-unsaturated/α-hetero) is 2. The number of H-pyrrole nitrogens is 1. The van der Waals surface area contributed by atoms with Crippen molar-refractivity contribution >= 4 is 45.9 Å². The molecule has 0 unspecified atom stereocenters. The van der Waals surface area contributed by atoms with Crippen LogP contribution < -0.4 is 10.1 Å². The Morgan fingerprint density at radius 2 is 1.97 bits per heavy atom. The summed E-state index contributed by atoms with van der Waals surface area (Å²) in [6.45, 7) is 2.31. The van der Waals surface area contributed by atoms with E-state index in [-0.39, 0.29) is 41.6 Å². The molecule has 3 aliphatic carbocycles. The number of carbonyl (C=O) groups is 4. The topological polar surface area (TPSA) is 109 Å². The van der Waals surface area contributed by atoms with Gasteiger partial charge in [0.15, 0.2) is 5.78 Å². The van der Waals surface area contributed by atoms with Crippen molar-refractivity contribution in [1.29, 1.82) is 0 Å². The van der Waals surface area contributed by atoms with E-state index in [4.69, 9.17) is 16.3 Å². The third kappa shape index (κ3) is 4.31. The molecule has 1 aliphatic heterocycles. The highest BCUT2D eigenvalue weighted by molar-refractivity contribution is 6.31. The maximum absolute atomic E-state index is 13.9. The summed E-state index contributed by atoms with van der Waals surface area (Å²) >= 11 is 6.23. The second kappa shape index (κ2) is 9.70. The number of amides is 2. The maximum atomic E-state index is 13.9. The minimum absolute atomic E-state index is 0.0701. The Hall–Kier alpha value is -2.87. The summed E-state index contributed by atoms with van der Waals surface area (Å²) in [7, 11) is 1.56. The largest absolute Gasteiger partial charge is 0.496 e. The number of ketones is 2. The molecule has 4 fully saturated rings. The van der Waals surface area contributed by atoms with Gasteiger partial charge in [0.05, 0.1) is 18.7 Å². The Bertz CT molecular complexity index is 1320. The van der Waals surface area contributed by atoms with E-state index >= 15 is 0 Å². The predicted molar refractivity (Wildman–Crippen MR) is 142 cm³/mol. The van der Waals surface area contributed by atoms with Crippen LogP contribution in [-0.2, 0) is 14.4 Å². The molecule has 3 saturated carbocycles. The fourth-order valence-electron chi connectivity index (χ4n) is 7.46. The lowest BCUT2D eigenvalue weighted by Crippen LogP contribution is -2.53. The van der Waals surface area contributed by atoms with Crippen molar-refractivity contribution in [2.45, 2.75) is 64.0 Å². The number of methoxy groups -OCH3 is 1. The van der Waals surface area contributed by atoms with Gasteiger partial charge in [-0.25, -0.2) is 0 Å². The smallest absolute Gasteiger partial charge is 0.271 e. The van der Waals surface area contributed by atoms with Crippen LogP contribution in [0.4, 0.5) is 0 Å². The van der Waals surface area contributed by atoms with E-state index < -0.39 is 12.1 Å².